The fourth-order valence-electron chi connectivity index (χ4n) is 3.36. The number of benzene rings is 1. The molecule has 0 radical (unpaired) electrons. The van der Waals surface area contributed by atoms with Crippen LogP contribution in [0.2, 0.25) is 0 Å². The van der Waals surface area contributed by atoms with E-state index in [1.54, 1.807) is 6.33 Å². The third-order valence-corrected chi connectivity index (χ3v) is 4.68. The van der Waals surface area contributed by atoms with Gasteiger partial charge >= 0.3 is 0 Å². The molecule has 1 aliphatic heterocycles. The van der Waals surface area contributed by atoms with Gasteiger partial charge in [0.15, 0.2) is 0 Å². The molecule has 0 saturated carbocycles. The Kier molecular flexibility index (Phi) is 3.90. The molecule has 2 aromatic heterocycles. The number of imidazole rings is 1. The van der Waals surface area contributed by atoms with Crippen LogP contribution in [0.5, 0.6) is 0 Å². The fourth-order valence-corrected chi connectivity index (χ4v) is 3.36. The van der Waals surface area contributed by atoms with Crippen LogP contribution in [0.3, 0.4) is 0 Å². The predicted molar refractivity (Wildman–Crippen MR) is 92.8 cm³/mol. The first-order chi connectivity index (χ1) is 11.7. The highest BCUT2D eigenvalue weighted by Gasteiger charge is 2.26. The Morgan fingerprint density at radius 2 is 2.21 bits per heavy atom. The summed E-state index contributed by atoms with van der Waals surface area (Å²) in [6.07, 6.45) is 7.27. The van der Waals surface area contributed by atoms with Gasteiger partial charge in [0.05, 0.1) is 23.7 Å². The molecular formula is C18H21N5O. The molecule has 6 nitrogen and oxygen atoms in total. The number of para-hydroxylation sites is 1. The molecule has 0 aliphatic carbocycles. The van der Waals surface area contributed by atoms with E-state index in [-0.39, 0.29) is 6.10 Å². The smallest absolute Gasteiger partial charge is 0.137 e. The molecule has 4 rings (SSSR count). The molecule has 1 fully saturated rings. The van der Waals surface area contributed by atoms with Crippen LogP contribution >= 0.6 is 0 Å². The lowest BCUT2D eigenvalue weighted by atomic mass is 10.0. The summed E-state index contributed by atoms with van der Waals surface area (Å²) in [7, 11) is 2.00. The van der Waals surface area contributed by atoms with Crippen LogP contribution in [-0.4, -0.2) is 32.2 Å². The van der Waals surface area contributed by atoms with Crippen molar-refractivity contribution in [3.8, 4) is 0 Å². The van der Waals surface area contributed by atoms with Crippen LogP contribution in [0.4, 0.5) is 5.82 Å². The van der Waals surface area contributed by atoms with Crippen LogP contribution in [0, 0.1) is 6.92 Å². The minimum absolute atomic E-state index is 0.0681. The molecule has 6 heteroatoms. The first-order valence-electron chi connectivity index (χ1n) is 8.27. The predicted octanol–water partition coefficient (Wildman–Crippen LogP) is 3.00. The number of fused-ring (bicyclic) bond motifs is 1. The highest BCUT2D eigenvalue weighted by atomic mass is 16.5. The Labute approximate surface area is 140 Å². The van der Waals surface area contributed by atoms with Crippen LogP contribution in [0.25, 0.3) is 10.9 Å². The lowest BCUT2D eigenvalue weighted by Gasteiger charge is -2.30. The second kappa shape index (κ2) is 6.20. The molecule has 3 aromatic rings. The summed E-state index contributed by atoms with van der Waals surface area (Å²) >= 11 is 0. The van der Waals surface area contributed by atoms with Crippen molar-refractivity contribution in [1.82, 2.24) is 19.5 Å². The summed E-state index contributed by atoms with van der Waals surface area (Å²) in [6, 6.07) is 6.51. The minimum Gasteiger partial charge on any atom is -0.372 e. The molecular weight excluding hydrogens is 302 g/mol. The lowest BCUT2D eigenvalue weighted by molar-refractivity contribution is 0.00556. The summed E-state index contributed by atoms with van der Waals surface area (Å²) in [5.41, 5.74) is 3.29. The number of aromatic nitrogens is 4. The third-order valence-electron chi connectivity index (χ3n) is 4.68. The largest absolute Gasteiger partial charge is 0.372 e. The van der Waals surface area contributed by atoms with Crippen LogP contribution in [0.15, 0.2) is 37.1 Å². The third kappa shape index (κ3) is 2.73. The van der Waals surface area contributed by atoms with Crippen molar-refractivity contribution in [2.75, 3.05) is 11.9 Å². The van der Waals surface area contributed by atoms with Gasteiger partial charge in [0.25, 0.3) is 0 Å². The molecule has 1 aliphatic rings. The van der Waals surface area contributed by atoms with Crippen molar-refractivity contribution in [3.63, 3.8) is 0 Å². The molecule has 124 valence electrons. The van der Waals surface area contributed by atoms with Gasteiger partial charge in [0.1, 0.15) is 18.2 Å². The van der Waals surface area contributed by atoms with Gasteiger partial charge in [0.2, 0.25) is 0 Å². The minimum atomic E-state index is 0.0681. The SMILES string of the molecule is Cc1cccc2c(N[C@H]3CCO[C@H](c4cncn4C)C3)ncnc12. The maximum Gasteiger partial charge on any atom is 0.137 e. The maximum atomic E-state index is 5.94. The Hall–Kier alpha value is -2.47. The van der Waals surface area contributed by atoms with Crippen LogP contribution in [-0.2, 0) is 11.8 Å². The second-order valence-electron chi connectivity index (χ2n) is 6.35. The van der Waals surface area contributed by atoms with Crippen LogP contribution < -0.4 is 5.32 Å². The number of ether oxygens (including phenoxy) is 1. The molecule has 0 spiro atoms. The van der Waals surface area contributed by atoms with Crippen molar-refractivity contribution in [2.24, 2.45) is 7.05 Å². The molecule has 1 saturated heterocycles. The number of anilines is 1. The van der Waals surface area contributed by atoms with Gasteiger partial charge in [0, 0.05) is 25.1 Å². The number of nitrogens with zero attached hydrogens (tertiary/aromatic N) is 4. The summed E-state index contributed by atoms with van der Waals surface area (Å²) < 4.78 is 7.97. The zero-order chi connectivity index (χ0) is 16.5. The number of hydrogen-bond acceptors (Lipinski definition) is 5. The van der Waals surface area contributed by atoms with Crippen molar-refractivity contribution in [1.29, 1.82) is 0 Å². The average Bonchev–Trinajstić information content (AvgIpc) is 3.02. The average molecular weight is 323 g/mol. The summed E-state index contributed by atoms with van der Waals surface area (Å²) in [5.74, 6) is 0.902. The molecule has 1 N–H and O–H groups in total. The van der Waals surface area contributed by atoms with Gasteiger partial charge in [-0.25, -0.2) is 15.0 Å². The van der Waals surface area contributed by atoms with E-state index in [1.165, 1.54) is 0 Å². The Bertz CT molecular complexity index is 859. The van der Waals surface area contributed by atoms with Gasteiger partial charge in [-0.1, -0.05) is 12.1 Å². The summed E-state index contributed by atoms with van der Waals surface area (Å²) in [6.45, 7) is 2.81. The van der Waals surface area contributed by atoms with Crippen molar-refractivity contribution >= 4 is 16.7 Å². The van der Waals surface area contributed by atoms with Crippen LogP contribution in [0.1, 0.15) is 30.2 Å². The highest BCUT2D eigenvalue weighted by Crippen LogP contribution is 2.30. The Balaban J connectivity index is 1.57. The Morgan fingerprint density at radius 3 is 3.04 bits per heavy atom. The summed E-state index contributed by atoms with van der Waals surface area (Å²) in [4.78, 5) is 13.1. The molecule has 3 heterocycles. The van der Waals surface area contributed by atoms with Gasteiger partial charge in [-0.05, 0) is 31.4 Å². The first kappa shape index (κ1) is 15.1. The number of aryl methyl sites for hydroxylation is 2. The van der Waals surface area contributed by atoms with Gasteiger partial charge < -0.3 is 14.6 Å². The van der Waals surface area contributed by atoms with E-state index in [2.05, 4.69) is 45.4 Å². The molecule has 1 aromatic carbocycles. The number of hydrogen-bond donors (Lipinski definition) is 1. The van der Waals surface area contributed by atoms with E-state index in [0.717, 1.165) is 47.4 Å². The van der Waals surface area contributed by atoms with Crippen molar-refractivity contribution in [2.45, 2.75) is 31.9 Å². The first-order valence-corrected chi connectivity index (χ1v) is 8.27. The number of rotatable bonds is 3. The normalized spacial score (nSPS) is 21.1. The van der Waals surface area contributed by atoms with Gasteiger partial charge in [-0.2, -0.15) is 0 Å². The molecule has 0 bridgehead atoms. The molecule has 24 heavy (non-hydrogen) atoms. The van der Waals surface area contributed by atoms with Crippen molar-refractivity contribution < 1.29 is 4.74 Å². The molecule has 0 unspecified atom stereocenters. The van der Waals surface area contributed by atoms with Gasteiger partial charge in [-0.3, -0.25) is 0 Å². The standard InChI is InChI=1S/C18H21N5O/c1-12-4-3-5-14-17(12)20-10-21-18(14)22-13-6-7-24-16(8-13)15-9-19-11-23(15)2/h3-5,9-11,13,16H,6-8H2,1-2H3,(H,20,21,22)/t13-,16-/m0/s1. The number of nitrogens with one attached hydrogen (secondary N) is 1. The summed E-state index contributed by atoms with van der Waals surface area (Å²) in [5, 5.41) is 4.67. The zero-order valence-corrected chi connectivity index (χ0v) is 13.9. The van der Waals surface area contributed by atoms with E-state index >= 15 is 0 Å². The fraction of sp³-hybridized carbons (Fsp3) is 0.389. The lowest BCUT2D eigenvalue weighted by Crippen LogP contribution is -2.31. The molecule has 0 amide bonds. The topological polar surface area (TPSA) is 64.9 Å². The maximum absolute atomic E-state index is 5.94. The van der Waals surface area contributed by atoms with E-state index < -0.39 is 0 Å². The second-order valence-corrected chi connectivity index (χ2v) is 6.35. The van der Waals surface area contributed by atoms with E-state index in [1.807, 2.05) is 24.1 Å². The monoisotopic (exact) mass is 323 g/mol. The van der Waals surface area contributed by atoms with E-state index in [4.69, 9.17) is 4.74 Å². The zero-order valence-electron chi connectivity index (χ0n) is 13.9. The van der Waals surface area contributed by atoms with E-state index in [9.17, 15) is 0 Å². The van der Waals surface area contributed by atoms with Gasteiger partial charge in [-0.15, -0.1) is 0 Å². The Morgan fingerprint density at radius 1 is 1.29 bits per heavy atom. The highest BCUT2D eigenvalue weighted by molar-refractivity contribution is 5.90. The molecule has 2 atom stereocenters. The quantitative estimate of drug-likeness (QED) is 0.802. The van der Waals surface area contributed by atoms with Crippen molar-refractivity contribution in [3.05, 3.63) is 48.3 Å². The van der Waals surface area contributed by atoms with E-state index in [0.29, 0.717) is 6.04 Å².